The normalized spacial score (nSPS) is 25.1. The van der Waals surface area contributed by atoms with Gasteiger partial charge in [-0.3, -0.25) is 4.79 Å². The molecule has 0 aromatic heterocycles. The monoisotopic (exact) mass is 327 g/mol. The fraction of sp³-hybridized carbons (Fsp3) is 0.900. The lowest BCUT2D eigenvalue weighted by Crippen LogP contribution is -2.56. The van der Waals surface area contributed by atoms with Crippen LogP contribution in [0.3, 0.4) is 0 Å². The van der Waals surface area contributed by atoms with Gasteiger partial charge < -0.3 is 9.64 Å². The van der Waals surface area contributed by atoms with Gasteiger partial charge in [-0.1, -0.05) is 0 Å². The molecule has 1 rings (SSSR count). The molecule has 1 aliphatic heterocycles. The van der Waals surface area contributed by atoms with Crippen molar-refractivity contribution in [3.63, 3.8) is 0 Å². The van der Waals surface area contributed by atoms with Gasteiger partial charge in [0.2, 0.25) is 11.8 Å². The molecule has 1 heterocycles. The summed E-state index contributed by atoms with van der Waals surface area (Å²) in [6.07, 6.45) is -12.8. The highest BCUT2D eigenvalue weighted by atomic mass is 35.5. The predicted octanol–water partition coefficient (Wildman–Crippen LogP) is 2.58. The number of carbonyl (C=O) groups is 1. The van der Waals surface area contributed by atoms with Crippen LogP contribution in [0.2, 0.25) is 0 Å². The van der Waals surface area contributed by atoms with Gasteiger partial charge in [-0.25, -0.2) is 0 Å². The van der Waals surface area contributed by atoms with Crippen molar-refractivity contribution in [1.82, 2.24) is 4.90 Å². The molecule has 20 heavy (non-hydrogen) atoms. The largest absolute Gasteiger partial charge is 0.409 e. The summed E-state index contributed by atoms with van der Waals surface area (Å²) in [5.41, 5.74) is 0. The van der Waals surface area contributed by atoms with Crippen molar-refractivity contribution in [2.75, 3.05) is 19.0 Å². The number of nitrogens with zero attached hydrogens (tertiary/aromatic N) is 1. The number of hydrogen-bond acceptors (Lipinski definition) is 2. The zero-order valence-electron chi connectivity index (χ0n) is 10.3. The molecule has 0 spiro atoms. The summed E-state index contributed by atoms with van der Waals surface area (Å²) in [4.78, 5) is 12.1. The van der Waals surface area contributed by atoms with E-state index in [-0.39, 0.29) is 12.4 Å². The molecule has 0 bridgehead atoms. The van der Waals surface area contributed by atoms with Crippen LogP contribution in [0.5, 0.6) is 0 Å². The SMILES string of the molecule is CC1CN(C(=O)C(C(F)(F)F)C(F)(F)F)CC(CCl)O1. The second-order valence-electron chi connectivity index (χ2n) is 4.48. The van der Waals surface area contributed by atoms with Gasteiger partial charge in [0, 0.05) is 13.1 Å². The molecule has 0 radical (unpaired) electrons. The topological polar surface area (TPSA) is 29.5 Å². The van der Waals surface area contributed by atoms with E-state index in [2.05, 4.69) is 0 Å². The van der Waals surface area contributed by atoms with E-state index in [1.807, 2.05) is 0 Å². The molecule has 0 saturated carbocycles. The van der Waals surface area contributed by atoms with Gasteiger partial charge in [-0.15, -0.1) is 11.6 Å². The van der Waals surface area contributed by atoms with E-state index in [0.29, 0.717) is 4.90 Å². The van der Waals surface area contributed by atoms with Crippen molar-refractivity contribution >= 4 is 17.5 Å². The first kappa shape index (κ1) is 17.4. The van der Waals surface area contributed by atoms with Crippen LogP contribution in [-0.2, 0) is 9.53 Å². The van der Waals surface area contributed by atoms with Crippen molar-refractivity contribution in [1.29, 1.82) is 0 Å². The van der Waals surface area contributed by atoms with Crippen LogP contribution in [0, 0.1) is 5.92 Å². The highest BCUT2D eigenvalue weighted by molar-refractivity contribution is 6.18. The van der Waals surface area contributed by atoms with Crippen LogP contribution in [0.1, 0.15) is 6.92 Å². The van der Waals surface area contributed by atoms with Crippen molar-refractivity contribution in [3.05, 3.63) is 0 Å². The van der Waals surface area contributed by atoms with Gasteiger partial charge in [-0.2, -0.15) is 26.3 Å². The number of rotatable bonds is 2. The van der Waals surface area contributed by atoms with E-state index in [9.17, 15) is 31.1 Å². The Balaban J connectivity index is 2.95. The minimum Gasteiger partial charge on any atom is -0.370 e. The summed E-state index contributed by atoms with van der Waals surface area (Å²) in [5.74, 6) is -6.16. The van der Waals surface area contributed by atoms with Gasteiger partial charge >= 0.3 is 12.4 Å². The van der Waals surface area contributed by atoms with Crippen molar-refractivity contribution < 1.29 is 35.9 Å². The molecule has 2 atom stereocenters. The van der Waals surface area contributed by atoms with Crippen LogP contribution in [0.25, 0.3) is 0 Å². The number of hydrogen-bond donors (Lipinski definition) is 0. The lowest BCUT2D eigenvalue weighted by Gasteiger charge is -2.38. The van der Waals surface area contributed by atoms with E-state index in [0.717, 1.165) is 0 Å². The highest BCUT2D eigenvalue weighted by Gasteiger charge is 2.62. The molecule has 1 fully saturated rings. The molecule has 0 N–H and O–H groups in total. The number of amides is 1. The molecule has 10 heteroatoms. The minimum absolute atomic E-state index is 0.128. The maximum Gasteiger partial charge on any atom is 0.409 e. The first-order valence-corrected chi connectivity index (χ1v) is 6.14. The quantitative estimate of drug-likeness (QED) is 0.576. The van der Waals surface area contributed by atoms with Gasteiger partial charge in [0.05, 0.1) is 18.1 Å². The van der Waals surface area contributed by atoms with Crippen LogP contribution >= 0.6 is 11.6 Å². The van der Waals surface area contributed by atoms with Crippen molar-refractivity contribution in [2.45, 2.75) is 31.5 Å². The summed E-state index contributed by atoms with van der Waals surface area (Å²) in [5, 5.41) is 0. The summed E-state index contributed by atoms with van der Waals surface area (Å²) >= 11 is 5.47. The Morgan fingerprint density at radius 2 is 1.75 bits per heavy atom. The fourth-order valence-electron chi connectivity index (χ4n) is 1.96. The molecule has 3 nitrogen and oxygen atoms in total. The van der Waals surface area contributed by atoms with Crippen LogP contribution < -0.4 is 0 Å². The lowest BCUT2D eigenvalue weighted by atomic mass is 10.1. The Labute approximate surface area is 115 Å². The number of halogens is 7. The van der Waals surface area contributed by atoms with Crippen molar-refractivity contribution in [2.24, 2.45) is 5.92 Å². The zero-order chi connectivity index (χ0) is 15.7. The van der Waals surface area contributed by atoms with Crippen LogP contribution in [0.4, 0.5) is 26.3 Å². The first-order valence-electron chi connectivity index (χ1n) is 5.60. The number of carbonyl (C=O) groups excluding carboxylic acids is 1. The summed E-state index contributed by atoms with van der Waals surface area (Å²) in [6.45, 7) is 0.708. The molecule has 1 amide bonds. The Morgan fingerprint density at radius 1 is 1.25 bits per heavy atom. The number of alkyl halides is 7. The molecule has 0 aromatic rings. The van der Waals surface area contributed by atoms with E-state index < -0.39 is 42.9 Å². The third-order valence-electron chi connectivity index (χ3n) is 2.71. The Kier molecular flexibility index (Phi) is 5.18. The number of ether oxygens (including phenoxy) is 1. The molecule has 0 aliphatic carbocycles. The molecule has 0 aromatic carbocycles. The molecule has 1 saturated heterocycles. The van der Waals surface area contributed by atoms with E-state index in [1.54, 1.807) is 0 Å². The average molecular weight is 328 g/mol. The maximum atomic E-state index is 12.5. The van der Waals surface area contributed by atoms with Crippen LogP contribution in [-0.4, -0.2) is 54.3 Å². The van der Waals surface area contributed by atoms with E-state index in [4.69, 9.17) is 16.3 Å². The van der Waals surface area contributed by atoms with Gasteiger partial charge in [0.1, 0.15) is 0 Å². The second kappa shape index (κ2) is 5.97. The van der Waals surface area contributed by atoms with E-state index in [1.165, 1.54) is 6.92 Å². The number of morpholine rings is 1. The Morgan fingerprint density at radius 3 is 2.15 bits per heavy atom. The summed E-state index contributed by atoms with van der Waals surface area (Å²) in [7, 11) is 0. The average Bonchev–Trinajstić information content (AvgIpc) is 2.24. The fourth-order valence-corrected chi connectivity index (χ4v) is 2.13. The second-order valence-corrected chi connectivity index (χ2v) is 4.79. The summed E-state index contributed by atoms with van der Waals surface area (Å²) < 4.78 is 80.0. The molecule has 1 aliphatic rings. The molecular weight excluding hydrogens is 316 g/mol. The van der Waals surface area contributed by atoms with Crippen molar-refractivity contribution in [3.8, 4) is 0 Å². The first-order chi connectivity index (χ1) is 8.96. The molecule has 2 unspecified atom stereocenters. The maximum absolute atomic E-state index is 12.5. The van der Waals surface area contributed by atoms with E-state index >= 15 is 0 Å². The highest BCUT2D eigenvalue weighted by Crippen LogP contribution is 2.40. The third-order valence-corrected chi connectivity index (χ3v) is 3.06. The third kappa shape index (κ3) is 4.15. The van der Waals surface area contributed by atoms with Gasteiger partial charge in [-0.05, 0) is 6.92 Å². The Hall–Kier alpha value is -0.700. The molecular formula is C10H12ClF6NO2. The van der Waals surface area contributed by atoms with Gasteiger partial charge in [0.15, 0.2) is 0 Å². The van der Waals surface area contributed by atoms with Gasteiger partial charge in [0.25, 0.3) is 0 Å². The minimum atomic E-state index is -5.69. The summed E-state index contributed by atoms with van der Waals surface area (Å²) in [6, 6.07) is 0. The van der Waals surface area contributed by atoms with Crippen LogP contribution in [0.15, 0.2) is 0 Å². The Bertz CT molecular complexity index is 345. The lowest BCUT2D eigenvalue weighted by molar-refractivity contribution is -0.279. The molecule has 118 valence electrons. The smallest absolute Gasteiger partial charge is 0.370 e. The predicted molar refractivity (Wildman–Crippen MR) is 57.2 cm³/mol. The standard InChI is InChI=1S/C10H12ClF6NO2/c1-5-3-18(4-6(2-11)20-5)8(19)7(9(12,13)14)10(15,16)17/h5-7H,2-4H2,1H3. The zero-order valence-corrected chi connectivity index (χ0v) is 11.0.